The molecule has 0 radical (unpaired) electrons. The quantitative estimate of drug-likeness (QED) is 0.833. The molecule has 23 heavy (non-hydrogen) atoms. The molecular formula is C16H18FN3O3. The van der Waals surface area contributed by atoms with Crippen molar-refractivity contribution in [2.45, 2.75) is 25.3 Å². The summed E-state index contributed by atoms with van der Waals surface area (Å²) in [5.74, 6) is -1.58. The molecule has 1 aromatic carbocycles. The third-order valence-electron chi connectivity index (χ3n) is 4.00. The van der Waals surface area contributed by atoms with Gasteiger partial charge in [-0.15, -0.1) is 0 Å². The summed E-state index contributed by atoms with van der Waals surface area (Å²) in [6.07, 6.45) is 2.07. The first-order chi connectivity index (χ1) is 11.0. The molecule has 1 atom stereocenters. The Morgan fingerprint density at radius 2 is 1.91 bits per heavy atom. The van der Waals surface area contributed by atoms with Gasteiger partial charge in [0, 0.05) is 24.7 Å². The maximum atomic E-state index is 12.9. The number of carbonyl (C=O) groups is 3. The van der Waals surface area contributed by atoms with Crippen molar-refractivity contribution >= 4 is 23.4 Å². The second-order valence-corrected chi connectivity index (χ2v) is 5.94. The molecule has 1 unspecified atom stereocenters. The highest BCUT2D eigenvalue weighted by atomic mass is 19.1. The largest absolute Gasteiger partial charge is 0.352 e. The maximum absolute atomic E-state index is 12.9. The molecule has 7 heteroatoms. The summed E-state index contributed by atoms with van der Waals surface area (Å²) < 4.78 is 12.9. The van der Waals surface area contributed by atoms with E-state index >= 15 is 0 Å². The van der Waals surface area contributed by atoms with Crippen LogP contribution < -0.4 is 15.5 Å². The van der Waals surface area contributed by atoms with Gasteiger partial charge >= 0.3 is 0 Å². The first-order valence-corrected chi connectivity index (χ1v) is 7.66. The Labute approximate surface area is 133 Å². The SMILES string of the molecule is O=C(CNC(=O)C1CC(=O)N(c2ccc(F)cc2)C1)NC1CC1. The zero-order chi connectivity index (χ0) is 16.4. The van der Waals surface area contributed by atoms with Crippen LogP contribution in [-0.2, 0) is 14.4 Å². The highest BCUT2D eigenvalue weighted by molar-refractivity contribution is 6.00. The normalized spacial score (nSPS) is 20.5. The average Bonchev–Trinajstić information content (AvgIpc) is 3.25. The smallest absolute Gasteiger partial charge is 0.239 e. The number of hydrogen-bond acceptors (Lipinski definition) is 3. The molecule has 6 nitrogen and oxygen atoms in total. The van der Waals surface area contributed by atoms with Crippen LogP contribution in [0.25, 0.3) is 0 Å². The Kier molecular flexibility index (Phi) is 4.27. The minimum absolute atomic E-state index is 0.0728. The lowest BCUT2D eigenvalue weighted by Gasteiger charge is -2.16. The number of amides is 3. The standard InChI is InChI=1S/C16H18FN3O3/c17-11-1-5-13(6-2-11)20-9-10(7-15(20)22)16(23)18-8-14(21)19-12-3-4-12/h1-2,5-6,10,12H,3-4,7-9H2,(H,18,23)(H,19,21). The van der Waals surface area contributed by atoms with Crippen molar-refractivity contribution in [3.05, 3.63) is 30.1 Å². The van der Waals surface area contributed by atoms with Gasteiger partial charge in [0.05, 0.1) is 12.5 Å². The summed E-state index contributed by atoms with van der Waals surface area (Å²) >= 11 is 0. The molecule has 122 valence electrons. The fourth-order valence-corrected chi connectivity index (χ4v) is 2.57. The summed E-state index contributed by atoms with van der Waals surface area (Å²) in [7, 11) is 0. The van der Waals surface area contributed by atoms with Crippen molar-refractivity contribution in [1.29, 1.82) is 0 Å². The molecule has 2 fully saturated rings. The van der Waals surface area contributed by atoms with Gasteiger partial charge in [-0.25, -0.2) is 4.39 Å². The van der Waals surface area contributed by atoms with Crippen LogP contribution in [0.4, 0.5) is 10.1 Å². The molecule has 0 bridgehead atoms. The van der Waals surface area contributed by atoms with Crippen molar-refractivity contribution in [3.63, 3.8) is 0 Å². The van der Waals surface area contributed by atoms with E-state index in [4.69, 9.17) is 0 Å². The Bertz CT molecular complexity index is 628. The highest BCUT2D eigenvalue weighted by Crippen LogP contribution is 2.25. The molecule has 2 N–H and O–H groups in total. The second-order valence-electron chi connectivity index (χ2n) is 5.94. The van der Waals surface area contributed by atoms with Crippen LogP contribution in [0.15, 0.2) is 24.3 Å². The van der Waals surface area contributed by atoms with Crippen molar-refractivity contribution in [2.24, 2.45) is 5.92 Å². The van der Waals surface area contributed by atoms with Gasteiger partial charge in [-0.3, -0.25) is 14.4 Å². The van der Waals surface area contributed by atoms with E-state index < -0.39 is 5.92 Å². The van der Waals surface area contributed by atoms with Gasteiger partial charge in [0.1, 0.15) is 5.82 Å². The van der Waals surface area contributed by atoms with E-state index in [1.807, 2.05) is 0 Å². The van der Waals surface area contributed by atoms with Crippen molar-refractivity contribution in [2.75, 3.05) is 18.0 Å². The fourth-order valence-electron chi connectivity index (χ4n) is 2.57. The van der Waals surface area contributed by atoms with Crippen LogP contribution in [0.3, 0.4) is 0 Å². The number of carbonyl (C=O) groups excluding carboxylic acids is 3. The van der Waals surface area contributed by atoms with Crippen molar-refractivity contribution in [3.8, 4) is 0 Å². The fraction of sp³-hybridized carbons (Fsp3) is 0.438. The van der Waals surface area contributed by atoms with E-state index in [1.54, 1.807) is 0 Å². The van der Waals surface area contributed by atoms with Crippen molar-refractivity contribution < 1.29 is 18.8 Å². The predicted molar refractivity (Wildman–Crippen MR) is 81.0 cm³/mol. The second kappa shape index (κ2) is 6.36. The summed E-state index contributed by atoms with van der Waals surface area (Å²) in [4.78, 5) is 37.2. The van der Waals surface area contributed by atoms with Crippen molar-refractivity contribution in [1.82, 2.24) is 10.6 Å². The van der Waals surface area contributed by atoms with E-state index in [2.05, 4.69) is 10.6 Å². The Morgan fingerprint density at radius 1 is 1.22 bits per heavy atom. The van der Waals surface area contributed by atoms with Gasteiger partial charge in [0.2, 0.25) is 17.7 Å². The molecule has 1 saturated carbocycles. The number of rotatable bonds is 5. The summed E-state index contributed by atoms with van der Waals surface area (Å²) in [6, 6.07) is 5.82. The molecule has 1 aliphatic carbocycles. The Balaban J connectivity index is 1.52. The van der Waals surface area contributed by atoms with Crippen LogP contribution in [0.2, 0.25) is 0 Å². The van der Waals surface area contributed by atoms with E-state index in [0.29, 0.717) is 5.69 Å². The van der Waals surface area contributed by atoms with E-state index in [1.165, 1.54) is 29.2 Å². The zero-order valence-corrected chi connectivity index (χ0v) is 12.5. The van der Waals surface area contributed by atoms with Crippen LogP contribution in [0.1, 0.15) is 19.3 Å². The molecular weight excluding hydrogens is 301 g/mol. The molecule has 3 amide bonds. The van der Waals surface area contributed by atoms with Crippen LogP contribution >= 0.6 is 0 Å². The van der Waals surface area contributed by atoms with Gasteiger partial charge in [0.15, 0.2) is 0 Å². The highest BCUT2D eigenvalue weighted by Gasteiger charge is 2.35. The number of anilines is 1. The number of nitrogens with one attached hydrogen (secondary N) is 2. The third-order valence-corrected chi connectivity index (χ3v) is 4.00. The monoisotopic (exact) mass is 319 g/mol. The molecule has 1 saturated heterocycles. The summed E-state index contributed by atoms with van der Waals surface area (Å²) in [5.41, 5.74) is 0.568. The maximum Gasteiger partial charge on any atom is 0.239 e. The van der Waals surface area contributed by atoms with Gasteiger partial charge in [-0.1, -0.05) is 0 Å². The summed E-state index contributed by atoms with van der Waals surface area (Å²) in [5, 5.41) is 5.35. The van der Waals surface area contributed by atoms with Crippen LogP contribution in [0, 0.1) is 11.7 Å². The molecule has 2 aliphatic rings. The van der Waals surface area contributed by atoms with Crippen LogP contribution in [0.5, 0.6) is 0 Å². The lowest BCUT2D eigenvalue weighted by atomic mass is 10.1. The zero-order valence-electron chi connectivity index (χ0n) is 12.5. The third kappa shape index (κ3) is 3.85. The molecule has 1 aromatic rings. The average molecular weight is 319 g/mol. The number of benzene rings is 1. The number of halogens is 1. The van der Waals surface area contributed by atoms with Gasteiger partial charge in [-0.2, -0.15) is 0 Å². The van der Waals surface area contributed by atoms with Gasteiger partial charge in [0.25, 0.3) is 0 Å². The molecule has 0 spiro atoms. The number of hydrogen-bond donors (Lipinski definition) is 2. The van der Waals surface area contributed by atoms with E-state index in [0.717, 1.165) is 12.8 Å². The molecule has 1 heterocycles. The molecule has 3 rings (SSSR count). The summed E-state index contributed by atoms with van der Waals surface area (Å²) in [6.45, 7) is 0.164. The number of nitrogens with zero attached hydrogens (tertiary/aromatic N) is 1. The minimum atomic E-state index is -0.499. The molecule has 1 aliphatic heterocycles. The Morgan fingerprint density at radius 3 is 2.57 bits per heavy atom. The Hall–Kier alpha value is -2.44. The van der Waals surface area contributed by atoms with Gasteiger partial charge in [-0.05, 0) is 37.1 Å². The van der Waals surface area contributed by atoms with Crippen LogP contribution in [-0.4, -0.2) is 36.9 Å². The predicted octanol–water partition coefficient (Wildman–Crippen LogP) is 0.573. The van der Waals surface area contributed by atoms with E-state index in [9.17, 15) is 18.8 Å². The van der Waals surface area contributed by atoms with Gasteiger partial charge < -0.3 is 15.5 Å². The van der Waals surface area contributed by atoms with E-state index in [-0.39, 0.29) is 49.1 Å². The lowest BCUT2D eigenvalue weighted by molar-refractivity contribution is -0.129. The lowest BCUT2D eigenvalue weighted by Crippen LogP contribution is -2.40. The first-order valence-electron chi connectivity index (χ1n) is 7.66. The topological polar surface area (TPSA) is 78.5 Å². The first kappa shape index (κ1) is 15.5. The molecule has 0 aromatic heterocycles. The minimum Gasteiger partial charge on any atom is -0.352 e.